The lowest BCUT2D eigenvalue weighted by atomic mass is 10.0. The second kappa shape index (κ2) is 7.20. The number of carbonyl (C=O) groups excluding carboxylic acids is 1. The summed E-state index contributed by atoms with van der Waals surface area (Å²) in [5.41, 5.74) is 7.58. The molecule has 3 N–H and O–H groups in total. The van der Waals surface area contributed by atoms with E-state index >= 15 is 0 Å². The summed E-state index contributed by atoms with van der Waals surface area (Å²) in [6.45, 7) is 0. The number of hydrogen-bond donors (Lipinski definition) is 2. The van der Waals surface area contributed by atoms with Gasteiger partial charge in [-0.15, -0.1) is 10.2 Å². The van der Waals surface area contributed by atoms with Crippen LogP contribution >= 0.6 is 34.5 Å². The zero-order valence-corrected chi connectivity index (χ0v) is 16.0. The Morgan fingerprint density at radius 3 is 2.46 bits per heavy atom. The molecule has 0 fully saturated rings. The number of sulfonamides is 1. The van der Waals surface area contributed by atoms with E-state index in [2.05, 4.69) is 14.9 Å². The fraction of sp³-hybridized carbons (Fsp3) is 0. The number of benzene rings is 2. The van der Waals surface area contributed by atoms with Crippen molar-refractivity contribution < 1.29 is 13.2 Å². The lowest BCUT2D eigenvalue weighted by Crippen LogP contribution is -2.15. The third-order valence-corrected chi connectivity index (χ3v) is 6.41. The molecule has 0 aliphatic heterocycles. The molecule has 134 valence electrons. The monoisotopic (exact) mass is 428 g/mol. The molecule has 2 aromatic carbocycles. The van der Waals surface area contributed by atoms with Gasteiger partial charge in [-0.05, 0) is 30.3 Å². The highest BCUT2D eigenvalue weighted by atomic mass is 35.5. The van der Waals surface area contributed by atoms with Crippen molar-refractivity contribution in [1.29, 1.82) is 0 Å². The van der Waals surface area contributed by atoms with Crippen LogP contribution in [0.1, 0.15) is 15.9 Å². The summed E-state index contributed by atoms with van der Waals surface area (Å²) in [4.78, 5) is 12.7. The maximum absolute atomic E-state index is 12.7. The van der Waals surface area contributed by atoms with Crippen molar-refractivity contribution in [1.82, 2.24) is 10.2 Å². The van der Waals surface area contributed by atoms with Crippen LogP contribution in [0.25, 0.3) is 0 Å². The molecular formula is C15H10Cl2N4O3S2. The zero-order valence-electron chi connectivity index (χ0n) is 12.8. The minimum atomic E-state index is -3.96. The number of nitrogens with one attached hydrogen (secondary N) is 1. The highest BCUT2D eigenvalue weighted by Gasteiger charge is 2.21. The van der Waals surface area contributed by atoms with E-state index in [9.17, 15) is 13.2 Å². The largest absolute Gasteiger partial charge is 0.397 e. The normalized spacial score (nSPS) is 11.3. The van der Waals surface area contributed by atoms with Gasteiger partial charge in [0.1, 0.15) is 5.51 Å². The van der Waals surface area contributed by atoms with Crippen LogP contribution in [0.2, 0.25) is 10.0 Å². The molecule has 1 aromatic heterocycles. The minimum Gasteiger partial charge on any atom is -0.397 e. The molecule has 0 saturated heterocycles. The molecule has 11 heteroatoms. The Bertz CT molecular complexity index is 1070. The molecule has 0 spiro atoms. The molecule has 3 aromatic rings. The summed E-state index contributed by atoms with van der Waals surface area (Å²) >= 11 is 13.0. The van der Waals surface area contributed by atoms with Gasteiger partial charge in [-0.3, -0.25) is 9.52 Å². The summed E-state index contributed by atoms with van der Waals surface area (Å²) < 4.78 is 26.7. The zero-order chi connectivity index (χ0) is 18.9. The van der Waals surface area contributed by atoms with Crippen LogP contribution in [0.15, 0.2) is 46.2 Å². The average Bonchev–Trinajstić information content (AvgIpc) is 3.12. The number of nitrogen functional groups attached to an aromatic ring is 1. The lowest BCUT2D eigenvalue weighted by molar-refractivity contribution is 0.103. The highest BCUT2D eigenvalue weighted by Crippen LogP contribution is 2.30. The van der Waals surface area contributed by atoms with Crippen molar-refractivity contribution in [2.75, 3.05) is 10.5 Å². The fourth-order valence-electron chi connectivity index (χ4n) is 2.11. The SMILES string of the molecule is Nc1ccc(C(=O)c2c(Cl)cccc2Cl)cc1NS(=O)(=O)c1nncs1. The van der Waals surface area contributed by atoms with Gasteiger partial charge in [-0.1, -0.05) is 40.6 Å². The Hall–Kier alpha value is -2.20. The predicted octanol–water partition coefficient (Wildman–Crippen LogP) is 3.46. The first kappa shape index (κ1) is 18.6. The number of aromatic nitrogens is 2. The fourth-order valence-corrected chi connectivity index (χ4v) is 4.43. The first-order valence-electron chi connectivity index (χ1n) is 6.97. The van der Waals surface area contributed by atoms with Gasteiger partial charge >= 0.3 is 0 Å². The van der Waals surface area contributed by atoms with E-state index in [-0.39, 0.29) is 36.9 Å². The van der Waals surface area contributed by atoms with Gasteiger partial charge < -0.3 is 5.73 Å². The third-order valence-electron chi connectivity index (χ3n) is 3.32. The van der Waals surface area contributed by atoms with Crippen LogP contribution in [0, 0.1) is 0 Å². The average molecular weight is 429 g/mol. The number of nitrogens with zero attached hydrogens (tertiary/aromatic N) is 2. The molecule has 0 bridgehead atoms. The predicted molar refractivity (Wildman–Crippen MR) is 101 cm³/mol. The second-order valence-electron chi connectivity index (χ2n) is 5.04. The molecule has 0 unspecified atom stereocenters. The van der Waals surface area contributed by atoms with Gasteiger partial charge in [0.15, 0.2) is 5.78 Å². The summed E-state index contributed by atoms with van der Waals surface area (Å²) in [7, 11) is -3.96. The van der Waals surface area contributed by atoms with Crippen molar-refractivity contribution >= 4 is 61.7 Å². The molecule has 0 aliphatic carbocycles. The molecule has 0 aliphatic rings. The smallest absolute Gasteiger partial charge is 0.291 e. The van der Waals surface area contributed by atoms with Crippen molar-refractivity contribution in [3.63, 3.8) is 0 Å². The van der Waals surface area contributed by atoms with Gasteiger partial charge in [0.2, 0.25) is 0 Å². The van der Waals surface area contributed by atoms with Crippen molar-refractivity contribution in [3.05, 3.63) is 63.1 Å². The van der Waals surface area contributed by atoms with E-state index < -0.39 is 15.8 Å². The van der Waals surface area contributed by atoms with Crippen molar-refractivity contribution in [3.8, 4) is 0 Å². The maximum Gasteiger partial charge on any atom is 0.291 e. The Kier molecular flexibility index (Phi) is 5.15. The van der Waals surface area contributed by atoms with E-state index in [4.69, 9.17) is 28.9 Å². The third kappa shape index (κ3) is 3.65. The lowest BCUT2D eigenvalue weighted by Gasteiger charge is -2.11. The number of nitrogens with two attached hydrogens (primary N) is 1. The van der Waals surface area contributed by atoms with Gasteiger partial charge in [0.05, 0.1) is 27.0 Å². The van der Waals surface area contributed by atoms with Crippen LogP contribution in [0.4, 0.5) is 11.4 Å². The van der Waals surface area contributed by atoms with E-state index in [1.807, 2.05) is 0 Å². The number of ketones is 1. The Labute approximate surface area is 162 Å². The standard InChI is InChI=1S/C15H10Cl2N4O3S2/c16-9-2-1-3-10(17)13(9)14(22)8-4-5-11(18)12(6-8)21-26(23,24)15-20-19-7-25-15/h1-7,21H,18H2. The Balaban J connectivity index is 2.00. The van der Waals surface area contributed by atoms with E-state index in [1.165, 1.54) is 35.8 Å². The van der Waals surface area contributed by atoms with Crippen LogP contribution in [0.3, 0.4) is 0 Å². The van der Waals surface area contributed by atoms with E-state index in [0.29, 0.717) is 0 Å². The summed E-state index contributed by atoms with van der Waals surface area (Å²) in [5, 5.41) is 7.39. The quantitative estimate of drug-likeness (QED) is 0.474. The molecule has 0 atom stereocenters. The maximum atomic E-state index is 12.7. The number of halogens is 2. The molecule has 0 saturated carbocycles. The Morgan fingerprint density at radius 2 is 1.85 bits per heavy atom. The number of rotatable bonds is 5. The van der Waals surface area contributed by atoms with E-state index in [1.54, 1.807) is 6.07 Å². The molecule has 0 radical (unpaired) electrons. The topological polar surface area (TPSA) is 115 Å². The van der Waals surface area contributed by atoms with Crippen molar-refractivity contribution in [2.45, 2.75) is 4.34 Å². The molecule has 26 heavy (non-hydrogen) atoms. The number of anilines is 2. The highest BCUT2D eigenvalue weighted by molar-refractivity contribution is 7.94. The van der Waals surface area contributed by atoms with Crippen LogP contribution < -0.4 is 10.5 Å². The van der Waals surface area contributed by atoms with Gasteiger partial charge in [-0.25, -0.2) is 0 Å². The summed E-state index contributed by atoms with van der Waals surface area (Å²) in [5.74, 6) is -0.461. The van der Waals surface area contributed by atoms with Crippen LogP contribution in [-0.4, -0.2) is 24.4 Å². The van der Waals surface area contributed by atoms with Gasteiger partial charge in [0.25, 0.3) is 14.4 Å². The second-order valence-corrected chi connectivity index (χ2v) is 8.54. The molecular weight excluding hydrogens is 419 g/mol. The minimum absolute atomic E-state index is 0.0363. The van der Waals surface area contributed by atoms with Crippen LogP contribution in [0.5, 0.6) is 0 Å². The summed E-state index contributed by atoms with van der Waals surface area (Å²) in [6, 6.07) is 8.88. The van der Waals surface area contributed by atoms with E-state index in [0.717, 1.165) is 11.3 Å². The van der Waals surface area contributed by atoms with Crippen molar-refractivity contribution in [2.24, 2.45) is 0 Å². The first-order valence-corrected chi connectivity index (χ1v) is 10.1. The summed E-state index contributed by atoms with van der Waals surface area (Å²) in [6.07, 6.45) is 0. The number of hydrogen-bond acceptors (Lipinski definition) is 7. The van der Waals surface area contributed by atoms with Crippen LogP contribution in [-0.2, 0) is 10.0 Å². The Morgan fingerprint density at radius 1 is 1.15 bits per heavy atom. The first-order chi connectivity index (χ1) is 12.3. The molecule has 0 amide bonds. The molecule has 7 nitrogen and oxygen atoms in total. The molecule has 1 heterocycles. The van der Waals surface area contributed by atoms with Gasteiger partial charge in [-0.2, -0.15) is 8.42 Å². The molecule has 3 rings (SSSR count). The number of carbonyl (C=O) groups is 1. The van der Waals surface area contributed by atoms with Gasteiger partial charge in [0, 0.05) is 5.56 Å².